The Balaban J connectivity index is 0.00000364. The molecule has 0 atom stereocenters. The van der Waals surface area contributed by atoms with Gasteiger partial charge in [-0.15, -0.1) is 24.0 Å². The molecular weight excluding hydrogens is 475 g/mol. The molecule has 1 N–H and O–H groups in total. The van der Waals surface area contributed by atoms with Crippen LogP contribution in [-0.4, -0.2) is 73.0 Å². The van der Waals surface area contributed by atoms with Gasteiger partial charge < -0.3 is 19.9 Å². The molecule has 6 nitrogen and oxygen atoms in total. The molecule has 0 bridgehead atoms. The summed E-state index contributed by atoms with van der Waals surface area (Å²) in [6.45, 7) is 7.23. The van der Waals surface area contributed by atoms with Crippen LogP contribution in [0.2, 0.25) is 0 Å². The zero-order valence-electron chi connectivity index (χ0n) is 16.8. The molecule has 0 spiro atoms. The van der Waals surface area contributed by atoms with Gasteiger partial charge in [-0.3, -0.25) is 9.79 Å². The molecule has 0 aliphatic carbocycles. The topological polar surface area (TPSA) is 57.2 Å². The number of likely N-dealkylation sites (N-methyl/N-ethyl adjacent to an activating group) is 1. The number of benzene rings is 1. The second kappa shape index (κ2) is 11.0. The molecule has 8 heteroatoms. The van der Waals surface area contributed by atoms with Gasteiger partial charge >= 0.3 is 0 Å². The third-order valence-corrected chi connectivity index (χ3v) is 5.44. The predicted molar refractivity (Wildman–Crippen MR) is 124 cm³/mol. The Morgan fingerprint density at radius 1 is 1.41 bits per heavy atom. The fourth-order valence-corrected chi connectivity index (χ4v) is 3.84. The minimum absolute atomic E-state index is 0. The largest absolute Gasteiger partial charge is 0.484 e. The number of carbonyl (C=O) groups is 1. The number of halogens is 1. The molecule has 0 aromatic heterocycles. The van der Waals surface area contributed by atoms with Crippen molar-refractivity contribution in [3.05, 3.63) is 29.8 Å². The van der Waals surface area contributed by atoms with E-state index in [1.165, 1.54) is 4.90 Å². The van der Waals surface area contributed by atoms with Crippen molar-refractivity contribution in [1.29, 1.82) is 0 Å². The summed E-state index contributed by atoms with van der Waals surface area (Å²) in [7, 11) is 5.26. The third-order valence-electron chi connectivity index (χ3n) is 4.15. The highest BCUT2D eigenvalue weighted by Gasteiger charge is 2.28. The molecule has 2 rings (SSSR count). The summed E-state index contributed by atoms with van der Waals surface area (Å²) in [5.74, 6) is 2.67. The van der Waals surface area contributed by atoms with Crippen LogP contribution in [-0.2, 0) is 11.3 Å². The van der Waals surface area contributed by atoms with Crippen LogP contribution in [0.3, 0.4) is 0 Å². The van der Waals surface area contributed by atoms with Crippen molar-refractivity contribution in [2.45, 2.75) is 25.1 Å². The molecule has 1 amide bonds. The fraction of sp³-hybridized carbons (Fsp3) is 0.579. The zero-order valence-corrected chi connectivity index (χ0v) is 20.0. The van der Waals surface area contributed by atoms with E-state index in [0.29, 0.717) is 12.3 Å². The van der Waals surface area contributed by atoms with Gasteiger partial charge in [-0.1, -0.05) is 12.1 Å². The van der Waals surface area contributed by atoms with Gasteiger partial charge in [-0.2, -0.15) is 11.8 Å². The minimum Gasteiger partial charge on any atom is -0.484 e. The second-order valence-electron chi connectivity index (χ2n) is 7.15. The lowest BCUT2D eigenvalue weighted by Gasteiger charge is -2.39. The summed E-state index contributed by atoms with van der Waals surface area (Å²) in [6, 6.07) is 7.80. The first-order valence-electron chi connectivity index (χ1n) is 8.82. The minimum atomic E-state index is -0.0560. The zero-order chi connectivity index (χ0) is 19.2. The highest BCUT2D eigenvalue weighted by Crippen LogP contribution is 2.29. The van der Waals surface area contributed by atoms with E-state index in [4.69, 9.17) is 4.74 Å². The number of aliphatic imine (C=N–C) groups is 1. The van der Waals surface area contributed by atoms with E-state index in [9.17, 15) is 4.79 Å². The highest BCUT2D eigenvalue weighted by atomic mass is 127. The first kappa shape index (κ1) is 23.9. The Bertz CT molecular complexity index is 652. The van der Waals surface area contributed by atoms with Crippen molar-refractivity contribution in [1.82, 2.24) is 15.1 Å². The second-order valence-corrected chi connectivity index (χ2v) is 8.96. The normalized spacial score (nSPS) is 16.3. The van der Waals surface area contributed by atoms with Crippen LogP contribution >= 0.6 is 35.7 Å². The molecule has 27 heavy (non-hydrogen) atoms. The summed E-state index contributed by atoms with van der Waals surface area (Å²) in [6.07, 6.45) is 0. The number of nitrogens with one attached hydrogen (secondary N) is 1. The number of nitrogens with zero attached hydrogens (tertiary/aromatic N) is 3. The fourth-order valence-electron chi connectivity index (χ4n) is 2.73. The van der Waals surface area contributed by atoms with Gasteiger partial charge in [0.05, 0.1) is 0 Å². The van der Waals surface area contributed by atoms with Gasteiger partial charge in [0, 0.05) is 51.3 Å². The molecule has 1 fully saturated rings. The molecule has 1 aromatic carbocycles. The number of ether oxygens (including phenoxy) is 1. The molecule has 152 valence electrons. The number of hydrogen-bond donors (Lipinski definition) is 1. The van der Waals surface area contributed by atoms with Crippen molar-refractivity contribution in [2.24, 2.45) is 4.99 Å². The van der Waals surface area contributed by atoms with E-state index in [-0.39, 0.29) is 41.2 Å². The van der Waals surface area contributed by atoms with Crippen LogP contribution in [0.25, 0.3) is 0 Å². The van der Waals surface area contributed by atoms with E-state index in [1.807, 2.05) is 43.1 Å². The molecule has 1 aliphatic rings. The van der Waals surface area contributed by atoms with E-state index >= 15 is 0 Å². The van der Waals surface area contributed by atoms with Crippen LogP contribution in [0.5, 0.6) is 5.75 Å². The van der Waals surface area contributed by atoms with Crippen LogP contribution in [0, 0.1) is 0 Å². The van der Waals surface area contributed by atoms with Crippen molar-refractivity contribution in [3.63, 3.8) is 0 Å². The molecular formula is C19H31IN4O2S. The summed E-state index contributed by atoms with van der Waals surface area (Å²) >= 11 is 2.01. The maximum absolute atomic E-state index is 11.6. The summed E-state index contributed by atoms with van der Waals surface area (Å²) < 4.78 is 5.82. The Hall–Kier alpha value is -1.16. The SMILES string of the molecule is CN=C(NCc1cccc(OCC(=O)N(C)C)c1)N1CCSC(C)(C)C1.I. The number of amides is 1. The van der Waals surface area contributed by atoms with E-state index in [0.717, 1.165) is 30.4 Å². The quantitative estimate of drug-likeness (QED) is 0.378. The van der Waals surface area contributed by atoms with E-state index in [2.05, 4.69) is 29.1 Å². The van der Waals surface area contributed by atoms with Gasteiger partial charge in [-0.05, 0) is 31.5 Å². The maximum Gasteiger partial charge on any atom is 0.259 e. The van der Waals surface area contributed by atoms with E-state index in [1.54, 1.807) is 14.1 Å². The third kappa shape index (κ3) is 7.77. The molecule has 0 saturated carbocycles. The predicted octanol–water partition coefficient (Wildman–Crippen LogP) is 2.67. The van der Waals surface area contributed by atoms with Gasteiger partial charge in [-0.25, -0.2) is 0 Å². The molecule has 1 aliphatic heterocycles. The standard InChI is InChI=1S/C19H30N4O2S.HI/c1-19(2)14-23(9-10-26-19)18(20-3)21-12-15-7-6-8-16(11-15)25-13-17(24)22(4)5;/h6-8,11H,9-10,12-14H2,1-5H3,(H,20,21);1H. The van der Waals surface area contributed by atoms with Crippen molar-refractivity contribution >= 4 is 47.6 Å². The number of carbonyl (C=O) groups excluding carboxylic acids is 1. The van der Waals surface area contributed by atoms with Crippen molar-refractivity contribution < 1.29 is 9.53 Å². The lowest BCUT2D eigenvalue weighted by Crippen LogP contribution is -2.50. The van der Waals surface area contributed by atoms with E-state index < -0.39 is 0 Å². The Morgan fingerprint density at radius 2 is 2.15 bits per heavy atom. The molecule has 1 aromatic rings. The van der Waals surface area contributed by atoms with Crippen LogP contribution < -0.4 is 10.1 Å². The maximum atomic E-state index is 11.6. The van der Waals surface area contributed by atoms with Gasteiger partial charge in [0.25, 0.3) is 5.91 Å². The number of thioether (sulfide) groups is 1. The molecule has 1 saturated heterocycles. The van der Waals surface area contributed by atoms with Gasteiger partial charge in [0.1, 0.15) is 5.75 Å². The summed E-state index contributed by atoms with van der Waals surface area (Å²) in [4.78, 5) is 19.9. The van der Waals surface area contributed by atoms with Crippen LogP contribution in [0.15, 0.2) is 29.3 Å². The Labute approximate surface area is 184 Å². The lowest BCUT2D eigenvalue weighted by atomic mass is 10.2. The van der Waals surface area contributed by atoms with Crippen LogP contribution in [0.4, 0.5) is 0 Å². The Morgan fingerprint density at radius 3 is 2.78 bits per heavy atom. The average molecular weight is 506 g/mol. The average Bonchev–Trinajstić information content (AvgIpc) is 2.59. The molecule has 0 unspecified atom stereocenters. The number of guanidine groups is 1. The number of rotatable bonds is 5. The smallest absolute Gasteiger partial charge is 0.259 e. The molecule has 1 heterocycles. The lowest BCUT2D eigenvalue weighted by molar-refractivity contribution is -0.130. The van der Waals surface area contributed by atoms with Crippen molar-refractivity contribution in [3.8, 4) is 5.75 Å². The first-order valence-corrected chi connectivity index (χ1v) is 9.81. The summed E-state index contributed by atoms with van der Waals surface area (Å²) in [5, 5.41) is 3.44. The first-order chi connectivity index (χ1) is 12.3. The summed E-state index contributed by atoms with van der Waals surface area (Å²) in [5.41, 5.74) is 1.09. The Kier molecular flexibility index (Phi) is 9.72. The number of hydrogen-bond acceptors (Lipinski definition) is 4. The monoisotopic (exact) mass is 506 g/mol. The van der Waals surface area contributed by atoms with Crippen molar-refractivity contribution in [2.75, 3.05) is 46.6 Å². The van der Waals surface area contributed by atoms with Gasteiger partial charge in [0.15, 0.2) is 12.6 Å². The highest BCUT2D eigenvalue weighted by molar-refractivity contribution is 14.0. The van der Waals surface area contributed by atoms with Crippen LogP contribution in [0.1, 0.15) is 19.4 Å². The molecule has 0 radical (unpaired) electrons. The van der Waals surface area contributed by atoms with Gasteiger partial charge in [0.2, 0.25) is 0 Å².